The van der Waals surface area contributed by atoms with Crippen LogP contribution in [0.3, 0.4) is 0 Å². The maximum absolute atomic E-state index is 10.9. The van der Waals surface area contributed by atoms with E-state index < -0.39 is 9.85 Å². The summed E-state index contributed by atoms with van der Waals surface area (Å²) >= 11 is 1.06. The Labute approximate surface area is 123 Å². The molecule has 0 aliphatic rings. The third kappa shape index (κ3) is 3.45. The summed E-state index contributed by atoms with van der Waals surface area (Å²) in [6.07, 6.45) is 0. The normalized spacial score (nSPS) is 10.1. The van der Waals surface area contributed by atoms with Crippen LogP contribution in [0.5, 0.6) is 5.75 Å². The summed E-state index contributed by atoms with van der Waals surface area (Å²) < 4.78 is 4.91. The second-order valence-corrected chi connectivity index (χ2v) is 5.14. The number of nitro benzene ring substituents is 1. The lowest BCUT2D eigenvalue weighted by molar-refractivity contribution is -0.385. The fraction of sp³-hybridized carbons (Fsp3) is 0.167. The van der Waals surface area contributed by atoms with Gasteiger partial charge in [0.15, 0.2) is 5.75 Å². The van der Waals surface area contributed by atoms with Crippen molar-refractivity contribution in [3.63, 3.8) is 0 Å². The van der Waals surface area contributed by atoms with E-state index in [1.165, 1.54) is 25.3 Å². The number of ether oxygens (including phenoxy) is 1. The standard InChI is InChI=1S/C12H11N3O5S/c1-20-11-4-2-8(6-10(11)14(16)17)13-7-9-3-5-12(21-9)15(18)19/h2-6,13H,7H2,1H3. The predicted octanol–water partition coefficient (Wildman–Crippen LogP) is 3.19. The molecule has 0 fully saturated rings. The van der Waals surface area contributed by atoms with Gasteiger partial charge in [0.1, 0.15) is 0 Å². The molecule has 0 saturated carbocycles. The number of hydrogen-bond donors (Lipinski definition) is 1. The van der Waals surface area contributed by atoms with Crippen molar-refractivity contribution >= 4 is 27.7 Å². The highest BCUT2D eigenvalue weighted by Gasteiger charge is 2.15. The van der Waals surface area contributed by atoms with Crippen LogP contribution in [-0.2, 0) is 6.54 Å². The molecule has 0 amide bonds. The molecule has 0 unspecified atom stereocenters. The van der Waals surface area contributed by atoms with Gasteiger partial charge in [-0.15, -0.1) is 0 Å². The SMILES string of the molecule is COc1ccc(NCc2ccc([N+](=O)[O-])s2)cc1[N+](=O)[O-]. The molecule has 2 aromatic rings. The molecule has 1 N–H and O–H groups in total. The number of nitrogens with zero attached hydrogens (tertiary/aromatic N) is 2. The molecule has 1 aromatic carbocycles. The van der Waals surface area contributed by atoms with Crippen molar-refractivity contribution in [3.8, 4) is 5.75 Å². The Morgan fingerprint density at radius 2 is 1.95 bits per heavy atom. The Kier molecular flexibility index (Phi) is 4.33. The molecule has 1 heterocycles. The van der Waals surface area contributed by atoms with E-state index in [-0.39, 0.29) is 16.4 Å². The fourth-order valence-electron chi connectivity index (χ4n) is 1.69. The first kappa shape index (κ1) is 14.7. The number of hydrogen-bond acceptors (Lipinski definition) is 7. The fourth-order valence-corrected chi connectivity index (χ4v) is 2.45. The third-order valence-corrected chi connectivity index (χ3v) is 3.71. The number of nitrogens with one attached hydrogen (secondary N) is 1. The second kappa shape index (κ2) is 6.18. The van der Waals surface area contributed by atoms with Gasteiger partial charge in [0.25, 0.3) is 0 Å². The quantitative estimate of drug-likeness (QED) is 0.648. The van der Waals surface area contributed by atoms with Crippen LogP contribution in [-0.4, -0.2) is 17.0 Å². The van der Waals surface area contributed by atoms with Gasteiger partial charge in [-0.25, -0.2) is 0 Å². The lowest BCUT2D eigenvalue weighted by atomic mass is 10.2. The lowest BCUT2D eigenvalue weighted by Gasteiger charge is -2.06. The molecule has 0 saturated heterocycles. The van der Waals surface area contributed by atoms with Crippen LogP contribution >= 0.6 is 11.3 Å². The van der Waals surface area contributed by atoms with Gasteiger partial charge in [0, 0.05) is 29.2 Å². The highest BCUT2D eigenvalue weighted by Crippen LogP contribution is 2.30. The van der Waals surface area contributed by atoms with Crippen LogP contribution in [0.1, 0.15) is 4.88 Å². The molecule has 0 aliphatic heterocycles. The Morgan fingerprint density at radius 3 is 2.52 bits per heavy atom. The number of thiophene rings is 1. The molecule has 0 bridgehead atoms. The van der Waals surface area contributed by atoms with Gasteiger partial charge in [-0.3, -0.25) is 20.2 Å². The zero-order valence-corrected chi connectivity index (χ0v) is 11.8. The molecule has 0 spiro atoms. The summed E-state index contributed by atoms with van der Waals surface area (Å²) in [5, 5.41) is 24.5. The molecule has 0 aliphatic carbocycles. The van der Waals surface area contributed by atoms with Crippen molar-refractivity contribution < 1.29 is 14.6 Å². The van der Waals surface area contributed by atoms with Gasteiger partial charge in [-0.05, 0) is 18.2 Å². The van der Waals surface area contributed by atoms with Gasteiger partial charge in [0.05, 0.1) is 17.0 Å². The van der Waals surface area contributed by atoms with Gasteiger partial charge in [0.2, 0.25) is 0 Å². The van der Waals surface area contributed by atoms with Gasteiger partial charge in [-0.2, -0.15) is 0 Å². The van der Waals surface area contributed by atoms with Crippen molar-refractivity contribution in [1.82, 2.24) is 0 Å². The number of nitro groups is 2. The molecule has 1 aromatic heterocycles. The van der Waals surface area contributed by atoms with Crippen LogP contribution in [0.15, 0.2) is 30.3 Å². The summed E-state index contributed by atoms with van der Waals surface area (Å²) in [6, 6.07) is 7.58. The van der Waals surface area contributed by atoms with Crippen molar-refractivity contribution in [2.24, 2.45) is 0 Å². The monoisotopic (exact) mass is 309 g/mol. The van der Waals surface area contributed by atoms with Crippen LogP contribution in [0.4, 0.5) is 16.4 Å². The molecular formula is C12H11N3O5S. The highest BCUT2D eigenvalue weighted by molar-refractivity contribution is 7.15. The number of anilines is 1. The maximum atomic E-state index is 10.9. The average Bonchev–Trinajstić information content (AvgIpc) is 2.94. The second-order valence-electron chi connectivity index (χ2n) is 3.99. The first-order chi connectivity index (χ1) is 10.0. The largest absolute Gasteiger partial charge is 0.490 e. The van der Waals surface area contributed by atoms with E-state index in [0.29, 0.717) is 12.2 Å². The minimum Gasteiger partial charge on any atom is -0.490 e. The Hall–Kier alpha value is -2.68. The minimum atomic E-state index is -0.528. The topological polar surface area (TPSA) is 108 Å². The van der Waals surface area contributed by atoms with Crippen LogP contribution < -0.4 is 10.1 Å². The van der Waals surface area contributed by atoms with E-state index in [2.05, 4.69) is 5.32 Å². The molecule has 9 heteroatoms. The van der Waals surface area contributed by atoms with E-state index in [4.69, 9.17) is 4.74 Å². The smallest absolute Gasteiger partial charge is 0.324 e. The molecular weight excluding hydrogens is 298 g/mol. The maximum Gasteiger partial charge on any atom is 0.324 e. The summed E-state index contributed by atoms with van der Waals surface area (Å²) in [5.41, 5.74) is 0.401. The first-order valence-corrected chi connectivity index (χ1v) is 6.62. The number of methoxy groups -OCH3 is 1. The van der Waals surface area contributed by atoms with Crippen molar-refractivity contribution in [3.05, 3.63) is 55.4 Å². The number of benzene rings is 1. The molecule has 2 rings (SSSR count). The summed E-state index contributed by atoms with van der Waals surface area (Å²) in [7, 11) is 1.36. The summed E-state index contributed by atoms with van der Waals surface area (Å²) in [5.74, 6) is 0.178. The minimum absolute atomic E-state index is 0.0625. The zero-order chi connectivity index (χ0) is 15.4. The zero-order valence-electron chi connectivity index (χ0n) is 10.9. The Bertz CT molecular complexity index is 685. The molecule has 8 nitrogen and oxygen atoms in total. The Balaban J connectivity index is 2.10. The first-order valence-electron chi connectivity index (χ1n) is 5.80. The summed E-state index contributed by atoms with van der Waals surface area (Å²) in [4.78, 5) is 21.3. The van der Waals surface area contributed by atoms with Crippen LogP contribution in [0.25, 0.3) is 0 Å². The highest BCUT2D eigenvalue weighted by atomic mass is 32.1. The van der Waals surface area contributed by atoms with Gasteiger partial charge >= 0.3 is 10.7 Å². The predicted molar refractivity (Wildman–Crippen MR) is 77.9 cm³/mol. The van der Waals surface area contributed by atoms with Crippen molar-refractivity contribution in [1.29, 1.82) is 0 Å². The lowest BCUT2D eigenvalue weighted by Crippen LogP contribution is -1.99. The van der Waals surface area contributed by atoms with E-state index >= 15 is 0 Å². The van der Waals surface area contributed by atoms with Crippen LogP contribution in [0.2, 0.25) is 0 Å². The van der Waals surface area contributed by atoms with E-state index in [0.717, 1.165) is 16.2 Å². The van der Waals surface area contributed by atoms with E-state index in [9.17, 15) is 20.2 Å². The molecule has 0 atom stereocenters. The van der Waals surface area contributed by atoms with Gasteiger partial charge in [-0.1, -0.05) is 11.3 Å². The van der Waals surface area contributed by atoms with Gasteiger partial charge < -0.3 is 10.1 Å². The van der Waals surface area contributed by atoms with Crippen molar-refractivity contribution in [2.75, 3.05) is 12.4 Å². The molecule has 0 radical (unpaired) electrons. The third-order valence-electron chi connectivity index (χ3n) is 2.67. The van der Waals surface area contributed by atoms with E-state index in [1.54, 1.807) is 12.1 Å². The van der Waals surface area contributed by atoms with E-state index in [1.807, 2.05) is 0 Å². The number of rotatable bonds is 6. The molecule has 21 heavy (non-hydrogen) atoms. The van der Waals surface area contributed by atoms with Crippen LogP contribution in [0, 0.1) is 20.2 Å². The average molecular weight is 309 g/mol. The summed E-state index contributed by atoms with van der Waals surface area (Å²) in [6.45, 7) is 0.349. The Morgan fingerprint density at radius 1 is 1.19 bits per heavy atom. The molecule has 110 valence electrons. The van der Waals surface area contributed by atoms with Crippen molar-refractivity contribution in [2.45, 2.75) is 6.54 Å².